The van der Waals surface area contributed by atoms with Gasteiger partial charge in [-0.3, -0.25) is 9.59 Å². The maximum atomic E-state index is 13.9. The van der Waals surface area contributed by atoms with Crippen molar-refractivity contribution in [2.75, 3.05) is 0 Å². The van der Waals surface area contributed by atoms with E-state index >= 15 is 0 Å². The van der Waals surface area contributed by atoms with E-state index < -0.39 is 5.97 Å². The average Bonchev–Trinajstić information content (AvgIpc) is 3.05. The first-order chi connectivity index (χ1) is 14.1. The Morgan fingerprint density at radius 2 is 1.73 bits per heavy atom. The molecule has 4 heteroatoms. The Morgan fingerprint density at radius 1 is 1.07 bits per heavy atom. The number of aliphatic hydroxyl groups excluding tert-OH is 1. The van der Waals surface area contributed by atoms with E-state index in [1.165, 1.54) is 6.42 Å². The number of ketones is 1. The second-order valence-corrected chi connectivity index (χ2v) is 11.8. The summed E-state index contributed by atoms with van der Waals surface area (Å²) in [5, 5.41) is 19.5. The minimum atomic E-state index is -0.697. The summed E-state index contributed by atoms with van der Waals surface area (Å²) in [6.07, 6.45) is 9.01. The van der Waals surface area contributed by atoms with Gasteiger partial charge in [0.25, 0.3) is 0 Å². The van der Waals surface area contributed by atoms with Crippen molar-refractivity contribution in [1.82, 2.24) is 0 Å². The molecule has 0 spiro atoms. The normalized spacial score (nSPS) is 49.1. The highest BCUT2D eigenvalue weighted by Gasteiger charge is 2.65. The van der Waals surface area contributed by atoms with Crippen molar-refractivity contribution in [3.63, 3.8) is 0 Å². The molecule has 10 unspecified atom stereocenters. The molecule has 30 heavy (non-hydrogen) atoms. The first-order valence-corrected chi connectivity index (χ1v) is 12.6. The highest BCUT2D eigenvalue weighted by atomic mass is 16.4. The number of carboxylic acid groups (broad SMARTS) is 1. The molecule has 4 fully saturated rings. The Balaban J connectivity index is 1.62. The van der Waals surface area contributed by atoms with Gasteiger partial charge in [0.05, 0.1) is 6.10 Å². The predicted molar refractivity (Wildman–Crippen MR) is 117 cm³/mol. The van der Waals surface area contributed by atoms with Crippen LogP contribution in [0.2, 0.25) is 0 Å². The molecule has 0 heterocycles. The molecule has 10 atom stereocenters. The van der Waals surface area contributed by atoms with Crippen molar-refractivity contribution in [2.24, 2.45) is 52.3 Å². The zero-order valence-corrected chi connectivity index (χ0v) is 19.4. The topological polar surface area (TPSA) is 74.6 Å². The standard InChI is InChI=1S/C26H42O4/c1-5-17-21-14-16(27)10-12-26(21,4)20-11-13-25(3)18(15(2)6-9-22(28)29)7-8-19(25)23(20)24(17)30/h15-21,23,27H,5-14H2,1-4H3,(H,28,29). The number of carboxylic acids is 1. The molecule has 0 aromatic rings. The fourth-order valence-corrected chi connectivity index (χ4v) is 9.16. The molecule has 0 saturated heterocycles. The maximum Gasteiger partial charge on any atom is 0.303 e. The van der Waals surface area contributed by atoms with Crippen molar-refractivity contribution in [3.8, 4) is 0 Å². The van der Waals surface area contributed by atoms with E-state index in [1.807, 2.05) is 0 Å². The summed E-state index contributed by atoms with van der Waals surface area (Å²) < 4.78 is 0. The molecule has 4 nitrogen and oxygen atoms in total. The Hall–Kier alpha value is -0.900. The Morgan fingerprint density at radius 3 is 2.40 bits per heavy atom. The number of carbonyl (C=O) groups excluding carboxylic acids is 1. The third-order valence-corrected chi connectivity index (χ3v) is 10.7. The van der Waals surface area contributed by atoms with Gasteiger partial charge in [0.1, 0.15) is 5.78 Å². The molecular weight excluding hydrogens is 376 g/mol. The van der Waals surface area contributed by atoms with E-state index in [-0.39, 0.29) is 35.2 Å². The van der Waals surface area contributed by atoms with Crippen LogP contribution < -0.4 is 0 Å². The van der Waals surface area contributed by atoms with E-state index in [9.17, 15) is 14.7 Å². The van der Waals surface area contributed by atoms with Crippen LogP contribution in [0.1, 0.15) is 91.9 Å². The number of aliphatic carboxylic acids is 1. The van der Waals surface area contributed by atoms with Gasteiger partial charge >= 0.3 is 5.97 Å². The number of Topliss-reactive ketones (excluding diaryl/α,β-unsaturated/α-hetero) is 1. The number of fused-ring (bicyclic) bond motifs is 5. The fourth-order valence-electron chi connectivity index (χ4n) is 9.16. The van der Waals surface area contributed by atoms with Crippen molar-refractivity contribution in [2.45, 2.75) is 98.0 Å². The number of rotatable bonds is 5. The maximum absolute atomic E-state index is 13.9. The van der Waals surface area contributed by atoms with E-state index in [0.717, 1.165) is 51.4 Å². The Bertz CT molecular complexity index is 689. The van der Waals surface area contributed by atoms with E-state index in [0.29, 0.717) is 35.4 Å². The highest BCUT2D eigenvalue weighted by molar-refractivity contribution is 5.86. The van der Waals surface area contributed by atoms with Gasteiger partial charge < -0.3 is 10.2 Å². The van der Waals surface area contributed by atoms with Gasteiger partial charge in [-0.2, -0.15) is 0 Å². The van der Waals surface area contributed by atoms with Gasteiger partial charge in [0, 0.05) is 18.3 Å². The van der Waals surface area contributed by atoms with Crippen molar-refractivity contribution in [3.05, 3.63) is 0 Å². The first-order valence-electron chi connectivity index (χ1n) is 12.6. The second-order valence-electron chi connectivity index (χ2n) is 11.8. The number of hydrogen-bond donors (Lipinski definition) is 2. The zero-order valence-electron chi connectivity index (χ0n) is 19.4. The summed E-state index contributed by atoms with van der Waals surface area (Å²) in [7, 11) is 0. The molecule has 0 aliphatic heterocycles. The lowest BCUT2D eigenvalue weighted by Gasteiger charge is -2.62. The average molecular weight is 419 g/mol. The minimum Gasteiger partial charge on any atom is -0.481 e. The summed E-state index contributed by atoms with van der Waals surface area (Å²) in [4.78, 5) is 25.0. The third-order valence-electron chi connectivity index (χ3n) is 10.7. The number of hydrogen-bond acceptors (Lipinski definition) is 3. The van der Waals surface area contributed by atoms with Crippen LogP contribution in [-0.4, -0.2) is 28.1 Å². The summed E-state index contributed by atoms with van der Waals surface area (Å²) in [5.41, 5.74) is 0.358. The van der Waals surface area contributed by atoms with Gasteiger partial charge in [-0.05, 0) is 98.2 Å². The molecule has 0 bridgehead atoms. The second kappa shape index (κ2) is 7.90. The molecule has 4 aliphatic carbocycles. The lowest BCUT2D eigenvalue weighted by atomic mass is 9.42. The van der Waals surface area contributed by atoms with E-state index in [2.05, 4.69) is 27.7 Å². The monoisotopic (exact) mass is 418 g/mol. The number of carbonyl (C=O) groups is 2. The van der Waals surface area contributed by atoms with Crippen LogP contribution in [0.15, 0.2) is 0 Å². The fraction of sp³-hybridized carbons (Fsp3) is 0.923. The third kappa shape index (κ3) is 3.27. The van der Waals surface area contributed by atoms with Gasteiger partial charge in [0.15, 0.2) is 0 Å². The molecule has 4 aliphatic rings. The van der Waals surface area contributed by atoms with E-state index in [4.69, 9.17) is 5.11 Å². The molecule has 4 saturated carbocycles. The van der Waals surface area contributed by atoms with Gasteiger partial charge in [0.2, 0.25) is 0 Å². The van der Waals surface area contributed by atoms with Gasteiger partial charge in [-0.1, -0.05) is 27.7 Å². The van der Waals surface area contributed by atoms with Gasteiger partial charge in [-0.15, -0.1) is 0 Å². The molecular formula is C26H42O4. The van der Waals surface area contributed by atoms with Crippen LogP contribution in [-0.2, 0) is 9.59 Å². The Labute approximate surface area is 182 Å². The largest absolute Gasteiger partial charge is 0.481 e. The minimum absolute atomic E-state index is 0.108. The lowest BCUT2D eigenvalue weighted by Crippen LogP contribution is -2.60. The van der Waals surface area contributed by atoms with Crippen molar-refractivity contribution < 1.29 is 19.8 Å². The quantitative estimate of drug-likeness (QED) is 0.633. The van der Waals surface area contributed by atoms with Crippen LogP contribution >= 0.6 is 0 Å². The highest BCUT2D eigenvalue weighted by Crippen LogP contribution is 2.68. The van der Waals surface area contributed by atoms with Crippen LogP contribution in [0, 0.1) is 52.3 Å². The molecule has 170 valence electrons. The Kier molecular flexibility index (Phi) is 5.87. The van der Waals surface area contributed by atoms with Crippen LogP contribution in [0.5, 0.6) is 0 Å². The van der Waals surface area contributed by atoms with Gasteiger partial charge in [-0.25, -0.2) is 0 Å². The summed E-state index contributed by atoms with van der Waals surface area (Å²) in [6, 6.07) is 0. The summed E-state index contributed by atoms with van der Waals surface area (Å²) in [5.74, 6) is 2.31. The van der Waals surface area contributed by atoms with Crippen LogP contribution in [0.3, 0.4) is 0 Å². The molecule has 0 radical (unpaired) electrons. The lowest BCUT2D eigenvalue weighted by molar-refractivity contribution is -0.173. The number of aliphatic hydroxyl groups is 1. The van der Waals surface area contributed by atoms with Crippen LogP contribution in [0.25, 0.3) is 0 Å². The molecule has 4 rings (SSSR count). The van der Waals surface area contributed by atoms with Crippen LogP contribution in [0.4, 0.5) is 0 Å². The summed E-state index contributed by atoms with van der Waals surface area (Å²) >= 11 is 0. The summed E-state index contributed by atoms with van der Waals surface area (Å²) in [6.45, 7) is 9.28. The SMILES string of the molecule is CCC1C(=O)C2C3CCC(C(C)CCC(=O)O)C3(C)CCC2C2(C)CCC(O)CC12. The molecule has 0 aromatic heterocycles. The molecule has 0 amide bonds. The predicted octanol–water partition coefficient (Wildman–Crippen LogP) is 5.32. The zero-order chi connectivity index (χ0) is 21.8. The first kappa shape index (κ1) is 22.3. The molecule has 0 aromatic carbocycles. The van der Waals surface area contributed by atoms with E-state index in [1.54, 1.807) is 0 Å². The van der Waals surface area contributed by atoms with Crippen molar-refractivity contribution in [1.29, 1.82) is 0 Å². The molecule has 2 N–H and O–H groups in total. The van der Waals surface area contributed by atoms with Crippen molar-refractivity contribution >= 4 is 11.8 Å². The smallest absolute Gasteiger partial charge is 0.303 e.